The maximum atomic E-state index is 9.64. The van der Waals surface area contributed by atoms with E-state index in [0.29, 0.717) is 12.8 Å². The summed E-state index contributed by atoms with van der Waals surface area (Å²) >= 11 is 0. The van der Waals surface area contributed by atoms with Crippen LogP contribution in [-0.2, 0) is 12.8 Å². The normalized spacial score (nSPS) is 10.8. The van der Waals surface area contributed by atoms with Gasteiger partial charge in [-0.25, -0.2) is 0 Å². The predicted molar refractivity (Wildman–Crippen MR) is 152 cm³/mol. The van der Waals surface area contributed by atoms with Crippen molar-refractivity contribution >= 4 is 28.4 Å². The van der Waals surface area contributed by atoms with Crippen molar-refractivity contribution in [1.82, 2.24) is 0 Å². The average molecular weight is 488 g/mol. The predicted octanol–water partition coefficient (Wildman–Crippen LogP) is 6.91. The van der Waals surface area contributed by atoms with Gasteiger partial charge in [-0.1, -0.05) is 42.5 Å². The summed E-state index contributed by atoms with van der Waals surface area (Å²) in [5, 5.41) is 19.3. The largest absolute Gasteiger partial charge is 0.508 e. The van der Waals surface area contributed by atoms with Crippen LogP contribution in [0, 0.1) is 0 Å². The van der Waals surface area contributed by atoms with E-state index >= 15 is 0 Å². The third-order valence-electron chi connectivity index (χ3n) is 6.45. The lowest BCUT2D eigenvalue weighted by Gasteiger charge is -2.27. The molecule has 5 rings (SSSR count). The van der Waals surface area contributed by atoms with Crippen LogP contribution < -0.4 is 16.4 Å². The van der Waals surface area contributed by atoms with E-state index in [-0.39, 0.29) is 11.5 Å². The first-order valence-corrected chi connectivity index (χ1v) is 12.1. The highest BCUT2D eigenvalue weighted by Crippen LogP contribution is 2.38. The Hall–Kier alpha value is -4.90. The monoisotopic (exact) mass is 487 g/mol. The molecule has 0 unspecified atom stereocenters. The van der Waals surface area contributed by atoms with Crippen molar-refractivity contribution in [2.45, 2.75) is 12.8 Å². The number of nitrogens with zero attached hydrogens (tertiary/aromatic N) is 1. The van der Waals surface area contributed by atoms with Gasteiger partial charge in [0.25, 0.3) is 0 Å². The van der Waals surface area contributed by atoms with Crippen molar-refractivity contribution in [3.8, 4) is 11.5 Å². The first-order chi connectivity index (χ1) is 18.0. The molecule has 184 valence electrons. The van der Waals surface area contributed by atoms with Crippen molar-refractivity contribution in [3.63, 3.8) is 0 Å². The van der Waals surface area contributed by atoms with E-state index in [0.717, 1.165) is 50.7 Å². The first kappa shape index (κ1) is 23.8. The van der Waals surface area contributed by atoms with Crippen LogP contribution >= 0.6 is 0 Å². The standard InChI is InChI=1S/C32H29N3O2/c33-31-16-10-27(20-24(31)18-22-6-12-29(36)13-7-22)35(26-4-2-1-3-5-26)28-11-17-32(34)25(21-28)19-23-8-14-30(37)15-9-23/h1-17,20-21,36-37H,18-19,33-34H2. The zero-order chi connectivity index (χ0) is 25.8. The number of hydrogen-bond acceptors (Lipinski definition) is 5. The van der Waals surface area contributed by atoms with Gasteiger partial charge in [-0.3, -0.25) is 0 Å². The minimum Gasteiger partial charge on any atom is -0.508 e. The fourth-order valence-corrected chi connectivity index (χ4v) is 4.46. The summed E-state index contributed by atoms with van der Waals surface area (Å²) in [4.78, 5) is 2.19. The Morgan fingerprint density at radius 1 is 0.486 bits per heavy atom. The summed E-state index contributed by atoms with van der Waals surface area (Å²) in [6.45, 7) is 0. The molecule has 0 amide bonds. The lowest BCUT2D eigenvalue weighted by Crippen LogP contribution is -2.12. The summed E-state index contributed by atoms with van der Waals surface area (Å²) < 4.78 is 0. The summed E-state index contributed by atoms with van der Waals surface area (Å²) in [6.07, 6.45) is 1.30. The fraction of sp³-hybridized carbons (Fsp3) is 0.0625. The van der Waals surface area contributed by atoms with Crippen molar-refractivity contribution in [2.75, 3.05) is 16.4 Å². The van der Waals surface area contributed by atoms with Gasteiger partial charge in [0, 0.05) is 28.4 Å². The number of anilines is 5. The van der Waals surface area contributed by atoms with E-state index in [4.69, 9.17) is 11.5 Å². The van der Waals surface area contributed by atoms with Crippen LogP contribution in [0.25, 0.3) is 0 Å². The molecule has 6 N–H and O–H groups in total. The molecule has 0 bridgehead atoms. The summed E-state index contributed by atoms with van der Waals surface area (Å²) in [5.41, 5.74) is 21.3. The highest BCUT2D eigenvalue weighted by Gasteiger charge is 2.16. The Labute approximate surface area is 216 Å². The quantitative estimate of drug-likeness (QED) is 0.187. The molecular weight excluding hydrogens is 458 g/mol. The molecule has 5 nitrogen and oxygen atoms in total. The smallest absolute Gasteiger partial charge is 0.115 e. The topological polar surface area (TPSA) is 95.7 Å². The Balaban J connectivity index is 1.55. The first-order valence-electron chi connectivity index (χ1n) is 12.1. The van der Waals surface area contributed by atoms with Crippen LogP contribution in [0.3, 0.4) is 0 Å². The fourth-order valence-electron chi connectivity index (χ4n) is 4.46. The number of phenols is 2. The maximum Gasteiger partial charge on any atom is 0.115 e. The van der Waals surface area contributed by atoms with E-state index in [9.17, 15) is 10.2 Å². The highest BCUT2D eigenvalue weighted by atomic mass is 16.3. The molecule has 5 aromatic rings. The molecule has 0 fully saturated rings. The van der Waals surface area contributed by atoms with E-state index < -0.39 is 0 Å². The van der Waals surface area contributed by atoms with Crippen molar-refractivity contribution < 1.29 is 10.2 Å². The molecule has 0 saturated heterocycles. The number of nitrogen functional groups attached to an aromatic ring is 2. The summed E-state index contributed by atoms with van der Waals surface area (Å²) in [6, 6.07) is 36.8. The molecule has 37 heavy (non-hydrogen) atoms. The highest BCUT2D eigenvalue weighted by molar-refractivity contribution is 5.79. The number of hydrogen-bond donors (Lipinski definition) is 4. The second kappa shape index (κ2) is 10.4. The molecule has 0 aliphatic carbocycles. The molecule has 0 aliphatic heterocycles. The van der Waals surface area contributed by atoms with E-state index in [1.54, 1.807) is 24.3 Å². The van der Waals surface area contributed by atoms with Gasteiger partial charge in [-0.05, 0) is 108 Å². The van der Waals surface area contributed by atoms with Crippen LogP contribution in [0.5, 0.6) is 11.5 Å². The van der Waals surface area contributed by atoms with Gasteiger partial charge in [0.05, 0.1) is 0 Å². The second-order valence-corrected chi connectivity index (χ2v) is 9.12. The van der Waals surface area contributed by atoms with E-state index in [1.807, 2.05) is 66.7 Å². The van der Waals surface area contributed by atoms with Gasteiger partial charge in [0.15, 0.2) is 0 Å². The number of nitrogens with two attached hydrogens (primary N) is 2. The Bertz CT molecular complexity index is 1400. The molecule has 0 aromatic heterocycles. The molecule has 0 spiro atoms. The summed E-state index contributed by atoms with van der Waals surface area (Å²) in [7, 11) is 0. The second-order valence-electron chi connectivity index (χ2n) is 9.12. The molecule has 0 aliphatic rings. The van der Waals surface area contributed by atoms with Crippen molar-refractivity contribution in [3.05, 3.63) is 138 Å². The number of phenolic OH excluding ortho intramolecular Hbond substituents is 2. The Morgan fingerprint density at radius 2 is 0.919 bits per heavy atom. The minimum atomic E-state index is 0.243. The van der Waals surface area contributed by atoms with Gasteiger partial charge in [-0.2, -0.15) is 0 Å². The number of benzene rings is 5. The Kier molecular flexibility index (Phi) is 6.68. The third-order valence-corrected chi connectivity index (χ3v) is 6.45. The number of rotatable bonds is 7. The summed E-state index contributed by atoms with van der Waals surface area (Å²) in [5.74, 6) is 0.486. The zero-order valence-electron chi connectivity index (χ0n) is 20.4. The van der Waals surface area contributed by atoms with Gasteiger partial charge >= 0.3 is 0 Å². The minimum absolute atomic E-state index is 0.243. The SMILES string of the molecule is Nc1ccc(N(c2ccccc2)c2ccc(N)c(Cc3ccc(O)cc3)c2)cc1Cc1ccc(O)cc1. The lowest BCUT2D eigenvalue weighted by atomic mass is 10.0. The van der Waals surface area contributed by atoms with Crippen LogP contribution in [0.2, 0.25) is 0 Å². The molecular formula is C32H29N3O2. The molecule has 5 aromatic carbocycles. The van der Waals surface area contributed by atoms with Crippen LogP contribution in [0.4, 0.5) is 28.4 Å². The van der Waals surface area contributed by atoms with Crippen molar-refractivity contribution in [2.24, 2.45) is 0 Å². The molecule has 0 heterocycles. The van der Waals surface area contributed by atoms with E-state index in [1.165, 1.54) is 0 Å². The van der Waals surface area contributed by atoms with Crippen LogP contribution in [-0.4, -0.2) is 10.2 Å². The van der Waals surface area contributed by atoms with Gasteiger partial charge < -0.3 is 26.6 Å². The number of para-hydroxylation sites is 1. The van der Waals surface area contributed by atoms with Crippen LogP contribution in [0.15, 0.2) is 115 Å². The van der Waals surface area contributed by atoms with Gasteiger partial charge in [0.1, 0.15) is 11.5 Å². The van der Waals surface area contributed by atoms with E-state index in [2.05, 4.69) is 29.2 Å². The lowest BCUT2D eigenvalue weighted by molar-refractivity contribution is 0.474. The third kappa shape index (κ3) is 5.52. The average Bonchev–Trinajstić information content (AvgIpc) is 2.91. The number of aromatic hydroxyl groups is 2. The van der Waals surface area contributed by atoms with Crippen molar-refractivity contribution in [1.29, 1.82) is 0 Å². The Morgan fingerprint density at radius 3 is 1.35 bits per heavy atom. The van der Waals surface area contributed by atoms with Crippen LogP contribution in [0.1, 0.15) is 22.3 Å². The molecule has 5 heteroatoms. The molecule has 0 radical (unpaired) electrons. The zero-order valence-corrected chi connectivity index (χ0v) is 20.4. The maximum absolute atomic E-state index is 9.64. The molecule has 0 saturated carbocycles. The van der Waals surface area contributed by atoms with Gasteiger partial charge in [-0.15, -0.1) is 0 Å². The van der Waals surface area contributed by atoms with Gasteiger partial charge in [0.2, 0.25) is 0 Å². The molecule has 0 atom stereocenters.